The van der Waals surface area contributed by atoms with Crippen LogP contribution in [0.15, 0.2) is 45.8 Å². The summed E-state index contributed by atoms with van der Waals surface area (Å²) in [6.45, 7) is 1.53. The maximum atomic E-state index is 14.6. The molecule has 0 amide bonds. The summed E-state index contributed by atoms with van der Waals surface area (Å²) in [6, 6.07) is 9.86. The lowest BCUT2D eigenvalue weighted by Crippen LogP contribution is -2.03. The van der Waals surface area contributed by atoms with Crippen molar-refractivity contribution in [3.05, 3.63) is 59.4 Å². The number of aromatic nitrogens is 1. The smallest absolute Gasteiger partial charge is 0.178 e. The van der Waals surface area contributed by atoms with E-state index in [4.69, 9.17) is 9.78 Å². The van der Waals surface area contributed by atoms with Gasteiger partial charge in [0.15, 0.2) is 9.84 Å². The van der Waals surface area contributed by atoms with Crippen molar-refractivity contribution in [1.29, 1.82) is 5.26 Å². The number of sulfone groups is 1. The van der Waals surface area contributed by atoms with E-state index in [1.165, 1.54) is 6.92 Å². The number of hydrogen-bond donors (Lipinski definition) is 0. The van der Waals surface area contributed by atoms with Gasteiger partial charge >= 0.3 is 0 Å². The lowest BCUT2D eigenvalue weighted by atomic mass is 9.98. The molecule has 0 atom stereocenters. The van der Waals surface area contributed by atoms with E-state index in [1.54, 1.807) is 24.3 Å². The van der Waals surface area contributed by atoms with Gasteiger partial charge in [-0.25, -0.2) is 17.2 Å². The second-order valence-electron chi connectivity index (χ2n) is 5.69. The number of hydrogen-bond acceptors (Lipinski definition) is 5. The number of nitriles is 1. The number of nitrogens with zero attached hydrogens (tertiary/aromatic N) is 2. The Bertz CT molecular complexity index is 1160. The molecule has 2 aromatic carbocycles. The molecule has 3 aromatic rings. The van der Waals surface area contributed by atoms with E-state index in [0.717, 1.165) is 12.3 Å². The standard InChI is InChI=1S/C18H12F2N2O3S/c1-10-17(13-7-15(20)16(8-14(13)19)26(2,23)24)18(22-25-10)12-5-3-4-11(6-12)9-21/h3-8H,1-2H3. The molecule has 1 heterocycles. The Kier molecular flexibility index (Phi) is 4.34. The predicted molar refractivity (Wildman–Crippen MR) is 89.9 cm³/mol. The van der Waals surface area contributed by atoms with Gasteiger partial charge in [-0.2, -0.15) is 5.26 Å². The van der Waals surface area contributed by atoms with Crippen molar-refractivity contribution in [3.8, 4) is 28.5 Å². The largest absolute Gasteiger partial charge is 0.360 e. The van der Waals surface area contributed by atoms with E-state index >= 15 is 0 Å². The van der Waals surface area contributed by atoms with Crippen LogP contribution in [-0.4, -0.2) is 19.8 Å². The third-order valence-corrected chi connectivity index (χ3v) is 4.93. The second kappa shape index (κ2) is 6.35. The summed E-state index contributed by atoms with van der Waals surface area (Å²) in [5.74, 6) is -1.76. The average molecular weight is 374 g/mol. The number of aryl methyl sites for hydroxylation is 1. The third kappa shape index (κ3) is 3.09. The zero-order valence-electron chi connectivity index (χ0n) is 13.7. The number of halogens is 2. The fourth-order valence-electron chi connectivity index (χ4n) is 2.63. The molecule has 0 radical (unpaired) electrons. The van der Waals surface area contributed by atoms with Crippen molar-refractivity contribution < 1.29 is 21.7 Å². The molecular weight excluding hydrogens is 362 g/mol. The first-order chi connectivity index (χ1) is 12.2. The van der Waals surface area contributed by atoms with Gasteiger partial charge in [-0.05, 0) is 31.2 Å². The van der Waals surface area contributed by atoms with Crippen molar-refractivity contribution in [3.63, 3.8) is 0 Å². The SMILES string of the molecule is Cc1onc(-c2cccc(C#N)c2)c1-c1cc(F)c(S(C)(=O)=O)cc1F. The fraction of sp³-hybridized carbons (Fsp3) is 0.111. The van der Waals surface area contributed by atoms with Crippen LogP contribution in [-0.2, 0) is 9.84 Å². The molecule has 3 rings (SSSR count). The molecule has 0 aliphatic heterocycles. The van der Waals surface area contributed by atoms with Crippen molar-refractivity contribution >= 4 is 9.84 Å². The monoisotopic (exact) mass is 374 g/mol. The van der Waals surface area contributed by atoms with Crippen LogP contribution in [0, 0.1) is 29.9 Å². The first-order valence-corrected chi connectivity index (χ1v) is 9.28. The summed E-state index contributed by atoms with van der Waals surface area (Å²) >= 11 is 0. The van der Waals surface area contributed by atoms with Gasteiger partial charge in [-0.1, -0.05) is 17.3 Å². The summed E-state index contributed by atoms with van der Waals surface area (Å²) in [4.78, 5) is -0.721. The van der Waals surface area contributed by atoms with E-state index in [2.05, 4.69) is 5.16 Å². The van der Waals surface area contributed by atoms with Gasteiger partial charge in [0, 0.05) is 17.4 Å². The molecule has 0 spiro atoms. The van der Waals surface area contributed by atoms with Crippen molar-refractivity contribution in [2.24, 2.45) is 0 Å². The molecule has 0 N–H and O–H groups in total. The zero-order valence-corrected chi connectivity index (χ0v) is 14.6. The van der Waals surface area contributed by atoms with Crippen LogP contribution in [0.1, 0.15) is 11.3 Å². The first-order valence-electron chi connectivity index (χ1n) is 7.38. The molecule has 5 nitrogen and oxygen atoms in total. The van der Waals surface area contributed by atoms with E-state index in [1.807, 2.05) is 6.07 Å². The van der Waals surface area contributed by atoms with Crippen LogP contribution < -0.4 is 0 Å². The summed E-state index contributed by atoms with van der Waals surface area (Å²) in [6.07, 6.45) is 0.800. The lowest BCUT2D eigenvalue weighted by molar-refractivity contribution is 0.400. The Labute approximate surface area is 148 Å². The Balaban J connectivity index is 2.25. The molecule has 0 saturated heterocycles. The Morgan fingerprint density at radius 1 is 1.15 bits per heavy atom. The summed E-state index contributed by atoms with van der Waals surface area (Å²) in [5.41, 5.74) is 1.10. The van der Waals surface area contributed by atoms with Crippen LogP contribution in [0.2, 0.25) is 0 Å². The summed E-state index contributed by atoms with van der Waals surface area (Å²) in [7, 11) is -3.91. The van der Waals surface area contributed by atoms with Gasteiger partial charge in [0.2, 0.25) is 0 Å². The Morgan fingerprint density at radius 3 is 2.54 bits per heavy atom. The minimum atomic E-state index is -3.91. The van der Waals surface area contributed by atoms with Gasteiger partial charge < -0.3 is 4.52 Å². The highest BCUT2D eigenvalue weighted by atomic mass is 32.2. The normalized spacial score (nSPS) is 11.3. The summed E-state index contributed by atoms with van der Waals surface area (Å²) < 4.78 is 57.1. The molecule has 0 unspecified atom stereocenters. The maximum Gasteiger partial charge on any atom is 0.178 e. The molecule has 132 valence electrons. The molecule has 1 aromatic heterocycles. The molecule has 8 heteroatoms. The maximum absolute atomic E-state index is 14.6. The molecular formula is C18H12F2N2O3S. The highest BCUT2D eigenvalue weighted by Gasteiger charge is 2.24. The van der Waals surface area contributed by atoms with E-state index in [0.29, 0.717) is 17.2 Å². The predicted octanol–water partition coefficient (Wildman–Crippen LogP) is 3.87. The highest BCUT2D eigenvalue weighted by Crippen LogP contribution is 2.37. The molecule has 0 aliphatic carbocycles. The Hall–Kier alpha value is -3.05. The summed E-state index contributed by atoms with van der Waals surface area (Å²) in [5, 5.41) is 12.9. The Morgan fingerprint density at radius 2 is 1.88 bits per heavy atom. The van der Waals surface area contributed by atoms with Crippen LogP contribution >= 0.6 is 0 Å². The second-order valence-corrected chi connectivity index (χ2v) is 7.67. The minimum absolute atomic E-state index is 0.175. The molecule has 0 bridgehead atoms. The van der Waals surface area contributed by atoms with Crippen molar-refractivity contribution in [2.45, 2.75) is 11.8 Å². The van der Waals surface area contributed by atoms with Crippen LogP contribution in [0.5, 0.6) is 0 Å². The van der Waals surface area contributed by atoms with Crippen molar-refractivity contribution in [2.75, 3.05) is 6.26 Å². The molecule has 0 fully saturated rings. The van der Waals surface area contributed by atoms with Crippen molar-refractivity contribution in [1.82, 2.24) is 5.16 Å². The molecule has 0 saturated carbocycles. The van der Waals surface area contributed by atoms with Gasteiger partial charge in [0.1, 0.15) is 28.0 Å². The number of benzene rings is 2. The molecule has 0 aliphatic rings. The fourth-order valence-corrected chi connectivity index (χ4v) is 3.36. The van der Waals surface area contributed by atoms with E-state index in [-0.39, 0.29) is 22.6 Å². The quantitative estimate of drug-likeness (QED) is 0.695. The molecule has 26 heavy (non-hydrogen) atoms. The van der Waals surface area contributed by atoms with Crippen LogP contribution in [0.3, 0.4) is 0 Å². The topological polar surface area (TPSA) is 84.0 Å². The van der Waals surface area contributed by atoms with Gasteiger partial charge in [-0.15, -0.1) is 0 Å². The number of rotatable bonds is 3. The average Bonchev–Trinajstić information content (AvgIpc) is 2.97. The van der Waals surface area contributed by atoms with E-state index < -0.39 is 26.4 Å². The third-order valence-electron chi connectivity index (χ3n) is 3.82. The van der Waals surface area contributed by atoms with Gasteiger partial charge in [0.05, 0.1) is 17.2 Å². The zero-order chi connectivity index (χ0) is 19.1. The highest BCUT2D eigenvalue weighted by molar-refractivity contribution is 7.90. The van der Waals surface area contributed by atoms with Gasteiger partial charge in [-0.3, -0.25) is 0 Å². The lowest BCUT2D eigenvalue weighted by Gasteiger charge is -2.08. The first kappa shape index (κ1) is 17.8. The van der Waals surface area contributed by atoms with Gasteiger partial charge in [0.25, 0.3) is 0 Å². The van der Waals surface area contributed by atoms with Crippen LogP contribution in [0.4, 0.5) is 8.78 Å². The minimum Gasteiger partial charge on any atom is -0.360 e. The van der Waals surface area contributed by atoms with Crippen LogP contribution in [0.25, 0.3) is 22.4 Å². The van der Waals surface area contributed by atoms with E-state index in [9.17, 15) is 17.2 Å².